The largest absolute Gasteiger partial charge is 0.396 e. The summed E-state index contributed by atoms with van der Waals surface area (Å²) in [6.45, 7) is 6.19. The highest BCUT2D eigenvalue weighted by atomic mass is 16.3. The van der Waals surface area contributed by atoms with Crippen LogP contribution in [-0.2, 0) is 0 Å². The van der Waals surface area contributed by atoms with Crippen molar-refractivity contribution < 1.29 is 5.11 Å². The Bertz CT molecular complexity index is 518. The van der Waals surface area contributed by atoms with Gasteiger partial charge in [0.25, 0.3) is 0 Å². The number of anilines is 1. The van der Waals surface area contributed by atoms with E-state index in [1.165, 1.54) is 0 Å². The second-order valence-corrected chi connectivity index (χ2v) is 4.87. The van der Waals surface area contributed by atoms with Crippen LogP contribution in [0.1, 0.15) is 26.0 Å². The van der Waals surface area contributed by atoms with Crippen LogP contribution in [0.15, 0.2) is 18.5 Å². The fourth-order valence-corrected chi connectivity index (χ4v) is 1.80. The Morgan fingerprint density at radius 1 is 1.47 bits per heavy atom. The third kappa shape index (κ3) is 2.55. The molecule has 2 aromatic rings. The highest BCUT2D eigenvalue weighted by Gasteiger charge is 2.18. The summed E-state index contributed by atoms with van der Waals surface area (Å²) in [6.07, 6.45) is 4.21. The first-order valence-electron chi connectivity index (χ1n) is 5.72. The molecule has 0 unspecified atom stereocenters. The summed E-state index contributed by atoms with van der Waals surface area (Å²) in [5, 5.41) is 16.7. The van der Waals surface area contributed by atoms with Gasteiger partial charge >= 0.3 is 0 Å². The Morgan fingerprint density at radius 2 is 2.24 bits per heavy atom. The molecular weight excluding hydrogens is 216 g/mol. The van der Waals surface area contributed by atoms with Gasteiger partial charge in [-0.1, -0.05) is 0 Å². The molecule has 92 valence electrons. The van der Waals surface area contributed by atoms with Crippen LogP contribution >= 0.6 is 0 Å². The first-order valence-corrected chi connectivity index (χ1v) is 5.72. The van der Waals surface area contributed by atoms with Crippen LogP contribution in [-0.4, -0.2) is 31.9 Å². The molecule has 0 aliphatic carbocycles. The second kappa shape index (κ2) is 4.33. The Balaban J connectivity index is 2.35. The van der Waals surface area contributed by atoms with E-state index in [1.54, 1.807) is 10.7 Å². The fraction of sp³-hybridized carbons (Fsp3) is 0.500. The van der Waals surface area contributed by atoms with Gasteiger partial charge in [-0.3, -0.25) is 0 Å². The molecule has 2 N–H and O–H groups in total. The fourth-order valence-electron chi connectivity index (χ4n) is 1.80. The summed E-state index contributed by atoms with van der Waals surface area (Å²) in [5.41, 5.74) is 1.72. The van der Waals surface area contributed by atoms with E-state index in [1.807, 2.05) is 33.0 Å². The topological polar surface area (TPSA) is 62.5 Å². The summed E-state index contributed by atoms with van der Waals surface area (Å²) in [5.74, 6) is 0.798. The van der Waals surface area contributed by atoms with Crippen molar-refractivity contribution in [1.82, 2.24) is 14.6 Å². The first-order chi connectivity index (χ1) is 8.02. The number of nitrogens with one attached hydrogen (secondary N) is 1. The predicted octanol–water partition coefficient (Wildman–Crippen LogP) is 1.61. The number of aliphatic hydroxyl groups is 1. The third-order valence-electron chi connectivity index (χ3n) is 2.71. The van der Waals surface area contributed by atoms with Gasteiger partial charge in [0.2, 0.25) is 0 Å². The summed E-state index contributed by atoms with van der Waals surface area (Å²) >= 11 is 0. The Kier molecular flexibility index (Phi) is 3.02. The molecule has 0 aliphatic rings. The van der Waals surface area contributed by atoms with Crippen molar-refractivity contribution in [3.8, 4) is 0 Å². The molecule has 5 nitrogen and oxygen atoms in total. The van der Waals surface area contributed by atoms with E-state index in [-0.39, 0.29) is 12.1 Å². The molecule has 0 atom stereocenters. The van der Waals surface area contributed by atoms with E-state index in [0.717, 1.165) is 17.0 Å². The minimum Gasteiger partial charge on any atom is -0.396 e. The van der Waals surface area contributed by atoms with Crippen molar-refractivity contribution >= 4 is 11.3 Å². The average molecular weight is 234 g/mol. The molecule has 2 aromatic heterocycles. The lowest BCUT2D eigenvalue weighted by Crippen LogP contribution is -2.32. The molecule has 5 heteroatoms. The number of aryl methyl sites for hydroxylation is 1. The standard InChI is InChI=1S/C12H18N4O/c1-9-8-10-11(13-5-6-16(10)15-9)14-12(2,3)4-7-17/h5-6,8,17H,4,7H2,1-3H3,(H,13,14). The minimum atomic E-state index is -0.193. The van der Waals surface area contributed by atoms with Crippen molar-refractivity contribution in [3.63, 3.8) is 0 Å². The van der Waals surface area contributed by atoms with Gasteiger partial charge in [0.15, 0.2) is 5.82 Å². The van der Waals surface area contributed by atoms with Crippen molar-refractivity contribution in [2.75, 3.05) is 11.9 Å². The Labute approximate surface area is 100 Å². The van der Waals surface area contributed by atoms with Crippen molar-refractivity contribution in [1.29, 1.82) is 0 Å². The van der Waals surface area contributed by atoms with E-state index >= 15 is 0 Å². The van der Waals surface area contributed by atoms with E-state index in [2.05, 4.69) is 15.4 Å². The van der Waals surface area contributed by atoms with Gasteiger partial charge < -0.3 is 10.4 Å². The zero-order chi connectivity index (χ0) is 12.5. The average Bonchev–Trinajstić information content (AvgIpc) is 2.58. The smallest absolute Gasteiger partial charge is 0.152 e. The number of aliphatic hydroxyl groups excluding tert-OH is 1. The predicted molar refractivity (Wildman–Crippen MR) is 67.1 cm³/mol. The van der Waals surface area contributed by atoms with Gasteiger partial charge in [-0.2, -0.15) is 5.10 Å². The molecule has 2 heterocycles. The zero-order valence-corrected chi connectivity index (χ0v) is 10.4. The second-order valence-electron chi connectivity index (χ2n) is 4.87. The molecule has 0 fully saturated rings. The lowest BCUT2D eigenvalue weighted by atomic mass is 10.0. The van der Waals surface area contributed by atoms with Gasteiger partial charge in [-0.25, -0.2) is 9.50 Å². The van der Waals surface area contributed by atoms with E-state index in [0.29, 0.717) is 6.42 Å². The number of fused-ring (bicyclic) bond motifs is 1. The van der Waals surface area contributed by atoms with Gasteiger partial charge in [-0.05, 0) is 33.3 Å². The van der Waals surface area contributed by atoms with E-state index < -0.39 is 0 Å². The molecule has 2 rings (SSSR count). The van der Waals surface area contributed by atoms with Crippen LogP contribution in [0.25, 0.3) is 5.52 Å². The minimum absolute atomic E-state index is 0.154. The SMILES string of the molecule is Cc1cc2c(NC(C)(C)CCO)nccn2n1. The maximum atomic E-state index is 9.02. The first kappa shape index (κ1) is 11.9. The molecule has 0 aromatic carbocycles. The monoisotopic (exact) mass is 234 g/mol. The molecule has 0 saturated heterocycles. The van der Waals surface area contributed by atoms with Crippen LogP contribution in [0, 0.1) is 6.92 Å². The van der Waals surface area contributed by atoms with Gasteiger partial charge in [0.05, 0.1) is 5.69 Å². The van der Waals surface area contributed by atoms with Gasteiger partial charge in [0.1, 0.15) is 5.52 Å². The summed E-state index contributed by atoms with van der Waals surface area (Å²) < 4.78 is 1.81. The van der Waals surface area contributed by atoms with Crippen molar-refractivity contribution in [2.24, 2.45) is 0 Å². The highest BCUT2D eigenvalue weighted by molar-refractivity contribution is 5.68. The number of hydrogen-bond donors (Lipinski definition) is 2. The van der Waals surface area contributed by atoms with E-state index in [4.69, 9.17) is 5.11 Å². The molecule has 0 bridgehead atoms. The van der Waals surface area contributed by atoms with Crippen molar-refractivity contribution in [3.05, 3.63) is 24.2 Å². The summed E-state index contributed by atoms with van der Waals surface area (Å²) in [4.78, 5) is 4.33. The lowest BCUT2D eigenvalue weighted by Gasteiger charge is -2.26. The Morgan fingerprint density at radius 3 is 2.94 bits per heavy atom. The van der Waals surface area contributed by atoms with Gasteiger partial charge in [0, 0.05) is 24.5 Å². The van der Waals surface area contributed by atoms with Crippen LogP contribution in [0.4, 0.5) is 5.82 Å². The molecular formula is C12H18N4O. The summed E-state index contributed by atoms with van der Waals surface area (Å²) in [7, 11) is 0. The Hall–Kier alpha value is -1.62. The quantitative estimate of drug-likeness (QED) is 0.843. The molecule has 17 heavy (non-hydrogen) atoms. The summed E-state index contributed by atoms with van der Waals surface area (Å²) in [6, 6.07) is 1.99. The normalized spacial score (nSPS) is 12.0. The number of rotatable bonds is 4. The molecule has 0 spiro atoms. The van der Waals surface area contributed by atoms with Crippen molar-refractivity contribution in [2.45, 2.75) is 32.7 Å². The molecule has 0 amide bonds. The van der Waals surface area contributed by atoms with Gasteiger partial charge in [-0.15, -0.1) is 0 Å². The molecule has 0 radical (unpaired) electrons. The van der Waals surface area contributed by atoms with Crippen LogP contribution < -0.4 is 5.32 Å². The number of nitrogens with zero attached hydrogens (tertiary/aromatic N) is 3. The van der Waals surface area contributed by atoms with Crippen LogP contribution in [0.5, 0.6) is 0 Å². The number of hydrogen-bond acceptors (Lipinski definition) is 4. The molecule has 0 aliphatic heterocycles. The maximum Gasteiger partial charge on any atom is 0.152 e. The highest BCUT2D eigenvalue weighted by Crippen LogP contribution is 2.20. The van der Waals surface area contributed by atoms with E-state index in [9.17, 15) is 0 Å². The zero-order valence-electron chi connectivity index (χ0n) is 10.4. The lowest BCUT2D eigenvalue weighted by molar-refractivity contribution is 0.260. The number of aromatic nitrogens is 3. The van der Waals surface area contributed by atoms with Crippen LogP contribution in [0.3, 0.4) is 0 Å². The maximum absolute atomic E-state index is 9.02. The van der Waals surface area contributed by atoms with Crippen LogP contribution in [0.2, 0.25) is 0 Å². The third-order valence-corrected chi connectivity index (χ3v) is 2.71. The molecule has 0 saturated carbocycles.